The van der Waals surface area contributed by atoms with E-state index in [2.05, 4.69) is 10.3 Å². The van der Waals surface area contributed by atoms with Gasteiger partial charge in [-0.3, -0.25) is 14.0 Å². The number of nitrogens with zero attached hydrogens (tertiary/aromatic N) is 2. The third-order valence-corrected chi connectivity index (χ3v) is 3.72. The van der Waals surface area contributed by atoms with Gasteiger partial charge in [0, 0.05) is 23.8 Å². The first-order valence-corrected chi connectivity index (χ1v) is 6.64. The highest BCUT2D eigenvalue weighted by atomic mass is 32.1. The van der Waals surface area contributed by atoms with Crippen molar-refractivity contribution >= 4 is 22.2 Å². The summed E-state index contributed by atoms with van der Waals surface area (Å²) in [5, 5.41) is 4.57. The molecule has 0 aromatic carbocycles. The van der Waals surface area contributed by atoms with E-state index < -0.39 is 0 Å². The summed E-state index contributed by atoms with van der Waals surface area (Å²) in [7, 11) is 0. The highest BCUT2D eigenvalue weighted by molar-refractivity contribution is 7.15. The van der Waals surface area contributed by atoms with Crippen molar-refractivity contribution < 1.29 is 4.79 Å². The molecule has 0 aliphatic rings. The van der Waals surface area contributed by atoms with Gasteiger partial charge < -0.3 is 5.32 Å². The number of fused-ring (bicyclic) bond motifs is 1. The molecule has 0 saturated heterocycles. The maximum Gasteiger partial charge on any atom is 0.271 e. The van der Waals surface area contributed by atoms with E-state index in [1.165, 1.54) is 21.9 Å². The SMILES string of the molecule is CC(C)C(C)NC(=O)c1cnc2sccn2c1=O. The van der Waals surface area contributed by atoms with Crippen LogP contribution in [0.25, 0.3) is 4.96 Å². The molecule has 1 amide bonds. The zero-order valence-electron chi connectivity index (χ0n) is 10.5. The molecule has 6 heteroatoms. The van der Waals surface area contributed by atoms with Gasteiger partial charge in [0.15, 0.2) is 4.96 Å². The van der Waals surface area contributed by atoms with E-state index in [0.717, 1.165) is 0 Å². The van der Waals surface area contributed by atoms with Gasteiger partial charge in [0.1, 0.15) is 5.56 Å². The predicted molar refractivity (Wildman–Crippen MR) is 71.1 cm³/mol. The lowest BCUT2D eigenvalue weighted by Crippen LogP contribution is -2.39. The van der Waals surface area contributed by atoms with Crippen LogP contribution in [0.4, 0.5) is 0 Å². The molecule has 96 valence electrons. The third kappa shape index (κ3) is 2.28. The van der Waals surface area contributed by atoms with Crippen LogP contribution in [0.1, 0.15) is 31.1 Å². The molecule has 1 N–H and O–H groups in total. The topological polar surface area (TPSA) is 63.5 Å². The van der Waals surface area contributed by atoms with Crippen LogP contribution in [0.15, 0.2) is 22.6 Å². The van der Waals surface area contributed by atoms with Gasteiger partial charge in [-0.15, -0.1) is 11.3 Å². The Balaban J connectivity index is 2.33. The maximum atomic E-state index is 12.1. The summed E-state index contributed by atoms with van der Waals surface area (Å²) in [5.74, 6) is -0.0520. The number of nitrogens with one attached hydrogen (secondary N) is 1. The van der Waals surface area contributed by atoms with Crippen LogP contribution >= 0.6 is 11.3 Å². The Kier molecular flexibility index (Phi) is 3.47. The Bertz CT molecular complexity index is 630. The average molecular weight is 265 g/mol. The van der Waals surface area contributed by atoms with E-state index in [1.54, 1.807) is 11.6 Å². The Morgan fingerprint density at radius 3 is 2.83 bits per heavy atom. The van der Waals surface area contributed by atoms with Crippen LogP contribution in [0.3, 0.4) is 0 Å². The van der Waals surface area contributed by atoms with E-state index in [-0.39, 0.29) is 23.1 Å². The largest absolute Gasteiger partial charge is 0.349 e. The minimum atomic E-state index is -0.366. The summed E-state index contributed by atoms with van der Waals surface area (Å²) < 4.78 is 1.39. The van der Waals surface area contributed by atoms with Crippen LogP contribution in [0.5, 0.6) is 0 Å². The fourth-order valence-electron chi connectivity index (χ4n) is 1.43. The fourth-order valence-corrected chi connectivity index (χ4v) is 2.11. The highest BCUT2D eigenvalue weighted by Gasteiger charge is 2.17. The number of hydrogen-bond donors (Lipinski definition) is 1. The molecular weight excluding hydrogens is 250 g/mol. The minimum absolute atomic E-state index is 0.0140. The second kappa shape index (κ2) is 4.89. The van der Waals surface area contributed by atoms with Gasteiger partial charge in [-0.25, -0.2) is 4.98 Å². The van der Waals surface area contributed by atoms with Crippen molar-refractivity contribution in [2.75, 3.05) is 0 Å². The zero-order chi connectivity index (χ0) is 13.3. The number of aromatic nitrogens is 2. The monoisotopic (exact) mass is 265 g/mol. The molecule has 1 unspecified atom stereocenters. The van der Waals surface area contributed by atoms with Crippen molar-refractivity contribution in [3.8, 4) is 0 Å². The molecule has 0 spiro atoms. The number of thiazole rings is 1. The molecule has 0 bridgehead atoms. The molecule has 18 heavy (non-hydrogen) atoms. The lowest BCUT2D eigenvalue weighted by molar-refractivity contribution is 0.0928. The highest BCUT2D eigenvalue weighted by Crippen LogP contribution is 2.06. The zero-order valence-corrected chi connectivity index (χ0v) is 11.3. The van der Waals surface area contributed by atoms with Gasteiger partial charge in [0.25, 0.3) is 11.5 Å². The third-order valence-electron chi connectivity index (χ3n) is 2.95. The molecule has 0 aliphatic heterocycles. The summed E-state index contributed by atoms with van der Waals surface area (Å²) >= 11 is 1.36. The summed E-state index contributed by atoms with van der Waals surface area (Å²) in [6.07, 6.45) is 2.97. The Morgan fingerprint density at radius 2 is 2.17 bits per heavy atom. The fraction of sp³-hybridized carbons (Fsp3) is 0.417. The molecule has 2 aromatic heterocycles. The van der Waals surface area contributed by atoms with Gasteiger partial charge >= 0.3 is 0 Å². The van der Waals surface area contributed by atoms with Gasteiger partial charge in [0.2, 0.25) is 0 Å². The van der Waals surface area contributed by atoms with Crippen molar-refractivity contribution in [3.63, 3.8) is 0 Å². The van der Waals surface area contributed by atoms with Gasteiger partial charge in [-0.2, -0.15) is 0 Å². The molecule has 0 radical (unpaired) electrons. The smallest absolute Gasteiger partial charge is 0.271 e. The molecule has 1 atom stereocenters. The van der Waals surface area contributed by atoms with Crippen molar-refractivity contribution in [1.29, 1.82) is 0 Å². The summed E-state index contributed by atoms with van der Waals surface area (Å²) in [6, 6.07) is 0.0140. The molecule has 2 rings (SSSR count). The van der Waals surface area contributed by atoms with Crippen LogP contribution in [-0.4, -0.2) is 21.3 Å². The first kappa shape index (κ1) is 12.8. The van der Waals surface area contributed by atoms with Gasteiger partial charge in [0.05, 0.1) is 0 Å². The molecule has 2 aromatic rings. The quantitative estimate of drug-likeness (QED) is 0.915. The van der Waals surface area contributed by atoms with Crippen LogP contribution < -0.4 is 10.9 Å². The van der Waals surface area contributed by atoms with E-state index in [4.69, 9.17) is 0 Å². The molecule has 0 saturated carbocycles. The Labute approximate surface area is 108 Å². The number of rotatable bonds is 3. The molecular formula is C12H15N3O2S. The number of hydrogen-bond acceptors (Lipinski definition) is 4. The standard InChI is InChI=1S/C12H15N3O2S/c1-7(2)8(3)14-10(16)9-6-13-12-15(11(9)17)4-5-18-12/h4-8H,1-3H3,(H,14,16). The van der Waals surface area contributed by atoms with Crippen molar-refractivity contribution in [1.82, 2.24) is 14.7 Å². The van der Waals surface area contributed by atoms with Crippen molar-refractivity contribution in [2.45, 2.75) is 26.8 Å². The second-order valence-electron chi connectivity index (χ2n) is 4.54. The first-order chi connectivity index (χ1) is 8.50. The van der Waals surface area contributed by atoms with Crippen LogP contribution in [0.2, 0.25) is 0 Å². The van der Waals surface area contributed by atoms with Crippen LogP contribution in [-0.2, 0) is 0 Å². The van der Waals surface area contributed by atoms with Crippen molar-refractivity contribution in [2.24, 2.45) is 5.92 Å². The average Bonchev–Trinajstić information content (AvgIpc) is 2.78. The number of carbonyl (C=O) groups excluding carboxylic acids is 1. The lowest BCUT2D eigenvalue weighted by Gasteiger charge is -2.16. The molecule has 5 nitrogen and oxygen atoms in total. The molecule has 2 heterocycles. The summed E-state index contributed by atoms with van der Waals surface area (Å²) in [6.45, 7) is 5.94. The summed E-state index contributed by atoms with van der Waals surface area (Å²) in [5.41, 5.74) is -0.242. The minimum Gasteiger partial charge on any atom is -0.349 e. The number of amides is 1. The normalized spacial score (nSPS) is 12.9. The predicted octanol–water partition coefficient (Wildman–Crippen LogP) is 1.53. The van der Waals surface area contributed by atoms with Crippen LogP contribution in [0, 0.1) is 5.92 Å². The van der Waals surface area contributed by atoms with Crippen molar-refractivity contribution in [3.05, 3.63) is 33.7 Å². The Hall–Kier alpha value is -1.69. The summed E-state index contributed by atoms with van der Waals surface area (Å²) in [4.78, 5) is 28.7. The van der Waals surface area contributed by atoms with Gasteiger partial charge in [-0.05, 0) is 12.8 Å². The lowest BCUT2D eigenvalue weighted by atomic mass is 10.1. The number of carbonyl (C=O) groups is 1. The van der Waals surface area contributed by atoms with E-state index in [9.17, 15) is 9.59 Å². The molecule has 0 fully saturated rings. The first-order valence-electron chi connectivity index (χ1n) is 5.76. The van der Waals surface area contributed by atoms with E-state index in [0.29, 0.717) is 10.9 Å². The van der Waals surface area contributed by atoms with E-state index in [1.807, 2.05) is 20.8 Å². The Morgan fingerprint density at radius 1 is 1.44 bits per heavy atom. The van der Waals surface area contributed by atoms with Gasteiger partial charge in [-0.1, -0.05) is 13.8 Å². The molecule has 0 aliphatic carbocycles. The maximum absolute atomic E-state index is 12.1. The second-order valence-corrected chi connectivity index (χ2v) is 5.41. The van der Waals surface area contributed by atoms with E-state index >= 15 is 0 Å².